The average Bonchev–Trinajstić information content (AvgIpc) is 2.73. The third kappa shape index (κ3) is 3.61. The number of carbonyl (C=O) groups is 1. The van der Waals surface area contributed by atoms with Crippen molar-refractivity contribution in [1.82, 2.24) is 5.32 Å². The first-order valence-corrected chi connectivity index (χ1v) is 6.18. The lowest BCUT2D eigenvalue weighted by molar-refractivity contribution is -0.123. The standard InChI is InChI=1S/C10H14ClN3O2S/c1-5(9(12)14-16)10(15)13-6(2)7-3-4-8(11)17-7/h3-6,16H,1-2H3,(H2,12,14)(H,13,15). The van der Waals surface area contributed by atoms with E-state index in [9.17, 15) is 4.79 Å². The van der Waals surface area contributed by atoms with Gasteiger partial charge < -0.3 is 16.3 Å². The summed E-state index contributed by atoms with van der Waals surface area (Å²) in [4.78, 5) is 12.7. The quantitative estimate of drug-likeness (QED) is 0.340. The van der Waals surface area contributed by atoms with Crippen LogP contribution in [0.2, 0.25) is 4.34 Å². The highest BCUT2D eigenvalue weighted by molar-refractivity contribution is 7.16. The van der Waals surface area contributed by atoms with Crippen molar-refractivity contribution in [3.05, 3.63) is 21.3 Å². The second-order valence-electron chi connectivity index (χ2n) is 3.62. The number of thiophene rings is 1. The molecule has 94 valence electrons. The fourth-order valence-electron chi connectivity index (χ4n) is 1.19. The monoisotopic (exact) mass is 275 g/mol. The molecule has 0 spiro atoms. The summed E-state index contributed by atoms with van der Waals surface area (Å²) < 4.78 is 0.672. The maximum atomic E-state index is 11.7. The maximum absolute atomic E-state index is 11.7. The molecule has 0 aliphatic carbocycles. The molecule has 0 aliphatic heterocycles. The topological polar surface area (TPSA) is 87.7 Å². The number of amidine groups is 1. The molecule has 2 atom stereocenters. The lowest BCUT2D eigenvalue weighted by Crippen LogP contribution is -2.38. The molecule has 1 rings (SSSR count). The van der Waals surface area contributed by atoms with Gasteiger partial charge in [0.25, 0.3) is 0 Å². The van der Waals surface area contributed by atoms with Crippen LogP contribution in [-0.2, 0) is 4.79 Å². The zero-order chi connectivity index (χ0) is 13.0. The fourth-order valence-corrected chi connectivity index (χ4v) is 2.25. The van der Waals surface area contributed by atoms with Gasteiger partial charge in [-0.1, -0.05) is 16.8 Å². The van der Waals surface area contributed by atoms with Gasteiger partial charge in [0.1, 0.15) is 0 Å². The summed E-state index contributed by atoms with van der Waals surface area (Å²) in [7, 11) is 0. The Kier molecular flexibility index (Phi) is 4.77. The molecule has 1 heterocycles. The number of hydrogen-bond acceptors (Lipinski definition) is 4. The second-order valence-corrected chi connectivity index (χ2v) is 5.37. The van der Waals surface area contributed by atoms with E-state index < -0.39 is 5.92 Å². The number of amides is 1. The molecule has 1 aromatic heterocycles. The van der Waals surface area contributed by atoms with Gasteiger partial charge in [0, 0.05) is 4.88 Å². The first kappa shape index (κ1) is 13.8. The molecule has 0 saturated carbocycles. The molecule has 0 bridgehead atoms. The summed E-state index contributed by atoms with van der Waals surface area (Å²) in [6, 6.07) is 3.47. The molecule has 2 unspecified atom stereocenters. The first-order chi connectivity index (χ1) is 7.95. The smallest absolute Gasteiger partial charge is 0.231 e. The Labute approximate surface area is 108 Å². The minimum absolute atomic E-state index is 0.112. The molecule has 4 N–H and O–H groups in total. The minimum Gasteiger partial charge on any atom is -0.409 e. The van der Waals surface area contributed by atoms with Gasteiger partial charge in [-0.05, 0) is 26.0 Å². The van der Waals surface area contributed by atoms with E-state index >= 15 is 0 Å². The van der Waals surface area contributed by atoms with E-state index in [2.05, 4.69) is 10.5 Å². The number of halogens is 1. The number of oxime groups is 1. The van der Waals surface area contributed by atoms with Crippen molar-refractivity contribution in [2.45, 2.75) is 19.9 Å². The van der Waals surface area contributed by atoms with Crippen LogP contribution in [0.3, 0.4) is 0 Å². The van der Waals surface area contributed by atoms with E-state index in [1.165, 1.54) is 11.3 Å². The third-order valence-electron chi connectivity index (χ3n) is 2.33. The summed E-state index contributed by atoms with van der Waals surface area (Å²) in [5, 5.41) is 14.1. The van der Waals surface area contributed by atoms with Crippen LogP contribution in [0.25, 0.3) is 0 Å². The van der Waals surface area contributed by atoms with Crippen molar-refractivity contribution >= 4 is 34.7 Å². The number of hydrogen-bond donors (Lipinski definition) is 3. The number of rotatable bonds is 4. The highest BCUT2D eigenvalue weighted by atomic mass is 35.5. The van der Waals surface area contributed by atoms with Crippen LogP contribution in [-0.4, -0.2) is 17.0 Å². The molecule has 0 saturated heterocycles. The Morgan fingerprint density at radius 3 is 2.71 bits per heavy atom. The minimum atomic E-state index is -0.669. The van der Waals surface area contributed by atoms with Crippen LogP contribution >= 0.6 is 22.9 Å². The van der Waals surface area contributed by atoms with Gasteiger partial charge in [-0.15, -0.1) is 11.3 Å². The Morgan fingerprint density at radius 1 is 1.59 bits per heavy atom. The van der Waals surface area contributed by atoms with Gasteiger partial charge in [-0.2, -0.15) is 0 Å². The van der Waals surface area contributed by atoms with E-state index in [1.807, 2.05) is 13.0 Å². The molecular formula is C10H14ClN3O2S. The number of nitrogens with one attached hydrogen (secondary N) is 1. The van der Waals surface area contributed by atoms with Gasteiger partial charge in [-0.3, -0.25) is 4.79 Å². The molecule has 17 heavy (non-hydrogen) atoms. The lowest BCUT2D eigenvalue weighted by atomic mass is 10.1. The van der Waals surface area contributed by atoms with E-state index in [1.54, 1.807) is 13.0 Å². The van der Waals surface area contributed by atoms with Gasteiger partial charge >= 0.3 is 0 Å². The Hall–Kier alpha value is -1.27. The second kappa shape index (κ2) is 5.88. The number of nitrogens with zero attached hydrogens (tertiary/aromatic N) is 1. The molecular weight excluding hydrogens is 262 g/mol. The molecule has 0 fully saturated rings. The Bertz CT molecular complexity index is 433. The first-order valence-electron chi connectivity index (χ1n) is 4.98. The summed E-state index contributed by atoms with van der Waals surface area (Å²) in [6.07, 6.45) is 0. The summed E-state index contributed by atoms with van der Waals surface area (Å²) in [6.45, 7) is 3.41. The summed E-state index contributed by atoms with van der Waals surface area (Å²) in [5.74, 6) is -1.07. The zero-order valence-corrected chi connectivity index (χ0v) is 11.0. The summed E-state index contributed by atoms with van der Waals surface area (Å²) >= 11 is 7.21. The molecule has 0 aromatic carbocycles. The summed E-state index contributed by atoms with van der Waals surface area (Å²) in [5.41, 5.74) is 5.36. The Balaban J connectivity index is 2.63. The molecule has 7 heteroatoms. The van der Waals surface area contributed by atoms with Crippen LogP contribution in [0.15, 0.2) is 17.3 Å². The molecule has 5 nitrogen and oxygen atoms in total. The van der Waals surface area contributed by atoms with Gasteiger partial charge in [0.05, 0.1) is 16.3 Å². The number of nitrogens with two attached hydrogens (primary N) is 1. The highest BCUT2D eigenvalue weighted by Crippen LogP contribution is 2.26. The van der Waals surface area contributed by atoms with Crippen LogP contribution in [0.4, 0.5) is 0 Å². The maximum Gasteiger partial charge on any atom is 0.231 e. The van der Waals surface area contributed by atoms with Crippen LogP contribution in [0, 0.1) is 5.92 Å². The fraction of sp³-hybridized carbons (Fsp3) is 0.400. The van der Waals surface area contributed by atoms with Crippen molar-refractivity contribution in [1.29, 1.82) is 0 Å². The lowest BCUT2D eigenvalue weighted by Gasteiger charge is -2.15. The zero-order valence-electron chi connectivity index (χ0n) is 9.48. The van der Waals surface area contributed by atoms with Crippen molar-refractivity contribution < 1.29 is 10.0 Å². The van der Waals surface area contributed by atoms with E-state index in [0.717, 1.165) is 4.88 Å². The molecule has 1 aromatic rings. The van der Waals surface area contributed by atoms with E-state index in [4.69, 9.17) is 22.5 Å². The molecule has 1 amide bonds. The third-order valence-corrected chi connectivity index (χ3v) is 3.75. The van der Waals surface area contributed by atoms with Crippen molar-refractivity contribution in [2.75, 3.05) is 0 Å². The molecule has 0 radical (unpaired) electrons. The number of carbonyl (C=O) groups excluding carboxylic acids is 1. The molecule has 0 aliphatic rings. The Morgan fingerprint density at radius 2 is 2.24 bits per heavy atom. The average molecular weight is 276 g/mol. The van der Waals surface area contributed by atoms with Crippen LogP contribution in [0.5, 0.6) is 0 Å². The van der Waals surface area contributed by atoms with Gasteiger partial charge in [-0.25, -0.2) is 0 Å². The van der Waals surface area contributed by atoms with Crippen molar-refractivity contribution in [3.63, 3.8) is 0 Å². The van der Waals surface area contributed by atoms with Crippen molar-refractivity contribution in [3.8, 4) is 0 Å². The van der Waals surface area contributed by atoms with E-state index in [0.29, 0.717) is 4.34 Å². The van der Waals surface area contributed by atoms with Crippen molar-refractivity contribution in [2.24, 2.45) is 16.8 Å². The van der Waals surface area contributed by atoms with Crippen LogP contribution < -0.4 is 11.1 Å². The van der Waals surface area contributed by atoms with E-state index in [-0.39, 0.29) is 17.8 Å². The van der Waals surface area contributed by atoms with Crippen LogP contribution in [0.1, 0.15) is 24.8 Å². The predicted molar refractivity (Wildman–Crippen MR) is 68.5 cm³/mol. The normalized spacial score (nSPS) is 15.4. The van der Waals surface area contributed by atoms with Gasteiger partial charge in [0.15, 0.2) is 5.84 Å². The largest absolute Gasteiger partial charge is 0.409 e. The predicted octanol–water partition coefficient (Wildman–Crippen LogP) is 1.96. The highest BCUT2D eigenvalue weighted by Gasteiger charge is 2.20. The van der Waals surface area contributed by atoms with Gasteiger partial charge in [0.2, 0.25) is 5.91 Å². The SMILES string of the molecule is CC(C(=O)NC(C)c1ccc(Cl)s1)C(N)=NO.